The van der Waals surface area contributed by atoms with Gasteiger partial charge in [-0.05, 0) is 30.2 Å². The molecule has 2 aromatic rings. The number of phenolic OH excluding ortho intramolecular Hbond substituents is 1. The van der Waals surface area contributed by atoms with Gasteiger partial charge in [0.2, 0.25) is 0 Å². The number of hydrogen-bond donors (Lipinski definition) is 2. The van der Waals surface area contributed by atoms with Gasteiger partial charge in [0.15, 0.2) is 0 Å². The van der Waals surface area contributed by atoms with Crippen LogP contribution in [0.1, 0.15) is 30.6 Å². The number of rotatable bonds is 6. The summed E-state index contributed by atoms with van der Waals surface area (Å²) < 4.78 is 1.91. The van der Waals surface area contributed by atoms with E-state index in [4.69, 9.17) is 0 Å². The molecule has 4 heteroatoms. The van der Waals surface area contributed by atoms with Crippen LogP contribution in [0.25, 0.3) is 0 Å². The normalized spacial score (nSPS) is 12.5. The lowest BCUT2D eigenvalue weighted by atomic mass is 10.0. The van der Waals surface area contributed by atoms with Crippen molar-refractivity contribution in [3.05, 3.63) is 47.8 Å². The molecule has 1 aromatic heterocycles. The lowest BCUT2D eigenvalue weighted by Gasteiger charge is -2.17. The number of aromatic nitrogens is 2. The van der Waals surface area contributed by atoms with E-state index >= 15 is 0 Å². The second kappa shape index (κ2) is 6.38. The van der Waals surface area contributed by atoms with E-state index in [2.05, 4.69) is 17.3 Å². The highest BCUT2D eigenvalue weighted by atomic mass is 16.3. The van der Waals surface area contributed by atoms with Crippen LogP contribution in [0.2, 0.25) is 0 Å². The Labute approximate surface area is 114 Å². The highest BCUT2D eigenvalue weighted by molar-refractivity contribution is 5.28. The third kappa shape index (κ3) is 3.58. The molecule has 0 amide bonds. The molecule has 2 rings (SSSR count). The smallest absolute Gasteiger partial charge is 0.115 e. The van der Waals surface area contributed by atoms with Gasteiger partial charge in [-0.3, -0.25) is 4.68 Å². The summed E-state index contributed by atoms with van der Waals surface area (Å²) in [5, 5.41) is 17.0. The second-order valence-corrected chi connectivity index (χ2v) is 4.70. The van der Waals surface area contributed by atoms with Crippen LogP contribution in [-0.2, 0) is 13.5 Å². The molecule has 0 spiro atoms. The van der Waals surface area contributed by atoms with E-state index in [9.17, 15) is 5.11 Å². The molecule has 0 bridgehead atoms. The molecule has 0 saturated carbocycles. The summed E-state index contributed by atoms with van der Waals surface area (Å²) >= 11 is 0. The summed E-state index contributed by atoms with van der Waals surface area (Å²) in [7, 11) is 1.96. The number of phenols is 1. The van der Waals surface area contributed by atoms with Crippen molar-refractivity contribution in [1.29, 1.82) is 0 Å². The van der Waals surface area contributed by atoms with Crippen molar-refractivity contribution < 1.29 is 5.11 Å². The molecule has 1 unspecified atom stereocenters. The van der Waals surface area contributed by atoms with Gasteiger partial charge in [-0.2, -0.15) is 5.10 Å². The average Bonchev–Trinajstić information content (AvgIpc) is 2.82. The van der Waals surface area contributed by atoms with E-state index < -0.39 is 0 Å². The largest absolute Gasteiger partial charge is 0.508 e. The molecule has 0 fully saturated rings. The summed E-state index contributed by atoms with van der Waals surface area (Å²) in [4.78, 5) is 0. The van der Waals surface area contributed by atoms with Crippen molar-refractivity contribution >= 4 is 0 Å². The Morgan fingerprint density at radius 3 is 2.58 bits per heavy atom. The van der Waals surface area contributed by atoms with Crippen LogP contribution in [0.15, 0.2) is 36.5 Å². The third-order valence-corrected chi connectivity index (χ3v) is 3.40. The zero-order valence-corrected chi connectivity index (χ0v) is 11.5. The molecule has 0 aliphatic heterocycles. The predicted octanol–water partition coefficient (Wildman–Crippen LogP) is 2.41. The van der Waals surface area contributed by atoms with Crippen LogP contribution in [0.5, 0.6) is 5.75 Å². The lowest BCUT2D eigenvalue weighted by Crippen LogP contribution is -2.23. The molecule has 19 heavy (non-hydrogen) atoms. The van der Waals surface area contributed by atoms with Crippen LogP contribution in [-0.4, -0.2) is 21.4 Å². The number of aromatic hydroxyl groups is 1. The minimum Gasteiger partial charge on any atom is -0.508 e. The second-order valence-electron chi connectivity index (χ2n) is 4.70. The Balaban J connectivity index is 1.89. The van der Waals surface area contributed by atoms with E-state index in [1.54, 1.807) is 12.1 Å². The fourth-order valence-electron chi connectivity index (χ4n) is 2.23. The lowest BCUT2D eigenvalue weighted by molar-refractivity contribution is 0.473. The van der Waals surface area contributed by atoms with Gasteiger partial charge >= 0.3 is 0 Å². The van der Waals surface area contributed by atoms with Gasteiger partial charge in [-0.1, -0.05) is 19.1 Å². The van der Waals surface area contributed by atoms with E-state index in [0.29, 0.717) is 11.8 Å². The van der Waals surface area contributed by atoms with Crippen molar-refractivity contribution in [3.8, 4) is 5.75 Å². The van der Waals surface area contributed by atoms with Crippen molar-refractivity contribution in [2.75, 3.05) is 6.54 Å². The van der Waals surface area contributed by atoms with Crippen molar-refractivity contribution in [1.82, 2.24) is 15.1 Å². The van der Waals surface area contributed by atoms with Crippen molar-refractivity contribution in [2.45, 2.75) is 25.8 Å². The van der Waals surface area contributed by atoms with Gasteiger partial charge in [0.1, 0.15) is 5.75 Å². The quantitative estimate of drug-likeness (QED) is 0.837. The minimum atomic E-state index is 0.313. The molecule has 2 N–H and O–H groups in total. The maximum atomic E-state index is 9.31. The maximum Gasteiger partial charge on any atom is 0.115 e. The van der Waals surface area contributed by atoms with Crippen LogP contribution >= 0.6 is 0 Å². The summed E-state index contributed by atoms with van der Waals surface area (Å²) in [6.45, 7) is 3.08. The number of aryl methyl sites for hydroxylation is 1. The molecule has 1 heterocycles. The Bertz CT molecular complexity index is 504. The minimum absolute atomic E-state index is 0.313. The highest BCUT2D eigenvalue weighted by Crippen LogP contribution is 2.19. The van der Waals surface area contributed by atoms with E-state index in [0.717, 1.165) is 19.4 Å². The van der Waals surface area contributed by atoms with Crippen molar-refractivity contribution in [2.24, 2.45) is 7.05 Å². The molecule has 0 saturated heterocycles. The third-order valence-electron chi connectivity index (χ3n) is 3.40. The molecule has 0 aliphatic rings. The maximum absolute atomic E-state index is 9.31. The van der Waals surface area contributed by atoms with Gasteiger partial charge in [0.25, 0.3) is 0 Å². The first-order chi connectivity index (χ1) is 9.20. The topological polar surface area (TPSA) is 50.1 Å². The van der Waals surface area contributed by atoms with Gasteiger partial charge in [-0.25, -0.2) is 0 Å². The molecule has 102 valence electrons. The summed E-state index contributed by atoms with van der Waals surface area (Å²) in [5.74, 6) is 0.313. The van der Waals surface area contributed by atoms with Gasteiger partial charge in [0.05, 0.1) is 0 Å². The monoisotopic (exact) mass is 259 g/mol. The first-order valence-electron chi connectivity index (χ1n) is 6.70. The molecule has 4 nitrogen and oxygen atoms in total. The molecule has 0 radical (unpaired) electrons. The predicted molar refractivity (Wildman–Crippen MR) is 76.1 cm³/mol. The van der Waals surface area contributed by atoms with Crippen LogP contribution < -0.4 is 5.32 Å². The van der Waals surface area contributed by atoms with Crippen molar-refractivity contribution in [3.63, 3.8) is 0 Å². The number of nitrogens with zero attached hydrogens (tertiary/aromatic N) is 2. The molecule has 1 atom stereocenters. The SMILES string of the molecule is CCC(NCCc1ccnn1C)c1ccc(O)cc1. The van der Waals surface area contributed by atoms with E-state index in [1.807, 2.05) is 36.1 Å². The Kier molecular flexibility index (Phi) is 4.58. The standard InChI is InChI=1S/C15H21N3O/c1-3-15(12-4-6-14(19)7-5-12)16-10-8-13-9-11-17-18(13)2/h4-7,9,11,15-16,19H,3,8,10H2,1-2H3. The number of hydrogen-bond acceptors (Lipinski definition) is 3. The first-order valence-corrected chi connectivity index (χ1v) is 6.70. The molecular weight excluding hydrogens is 238 g/mol. The first kappa shape index (κ1) is 13.6. The number of nitrogens with one attached hydrogen (secondary N) is 1. The summed E-state index contributed by atoms with van der Waals surface area (Å²) in [6, 6.07) is 9.79. The number of benzene rings is 1. The van der Waals surface area contributed by atoms with Crippen LogP contribution in [0.3, 0.4) is 0 Å². The Morgan fingerprint density at radius 1 is 1.26 bits per heavy atom. The molecule has 0 aliphatic carbocycles. The molecular formula is C15H21N3O. The van der Waals surface area contributed by atoms with Gasteiger partial charge in [-0.15, -0.1) is 0 Å². The zero-order valence-electron chi connectivity index (χ0n) is 11.5. The van der Waals surface area contributed by atoms with Gasteiger partial charge in [0, 0.05) is 37.9 Å². The molecule has 1 aromatic carbocycles. The zero-order chi connectivity index (χ0) is 13.7. The summed E-state index contributed by atoms with van der Waals surface area (Å²) in [6.07, 6.45) is 3.81. The fourth-order valence-corrected chi connectivity index (χ4v) is 2.23. The highest BCUT2D eigenvalue weighted by Gasteiger charge is 2.08. The van der Waals surface area contributed by atoms with E-state index in [1.165, 1.54) is 11.3 Å². The Morgan fingerprint density at radius 2 is 2.00 bits per heavy atom. The summed E-state index contributed by atoms with van der Waals surface area (Å²) in [5.41, 5.74) is 2.44. The van der Waals surface area contributed by atoms with Gasteiger partial charge < -0.3 is 10.4 Å². The fraction of sp³-hybridized carbons (Fsp3) is 0.400. The average molecular weight is 259 g/mol. The van der Waals surface area contributed by atoms with Crippen LogP contribution in [0, 0.1) is 0 Å². The Hall–Kier alpha value is -1.81. The van der Waals surface area contributed by atoms with Crippen LogP contribution in [0.4, 0.5) is 0 Å². The van der Waals surface area contributed by atoms with E-state index in [-0.39, 0.29) is 0 Å².